The van der Waals surface area contributed by atoms with Crippen molar-refractivity contribution in [2.45, 2.75) is 49.6 Å². The van der Waals surface area contributed by atoms with Gasteiger partial charge in [0, 0.05) is 6.54 Å². The third-order valence-electron chi connectivity index (χ3n) is 4.34. The molecule has 6 nitrogen and oxygen atoms in total. The van der Waals surface area contributed by atoms with Crippen LogP contribution in [-0.4, -0.2) is 43.8 Å². The fourth-order valence-corrected chi connectivity index (χ4v) is 5.63. The van der Waals surface area contributed by atoms with Gasteiger partial charge in [-0.1, -0.05) is 19.8 Å². The number of morpholine rings is 1. The lowest BCUT2D eigenvalue weighted by Crippen LogP contribution is -2.52. The SMILES string of the molecule is CCS(=O)(=O)c1c(N)nsc1N1CCOC2CCCCC21. The Kier molecular flexibility index (Phi) is 4.11. The molecule has 21 heavy (non-hydrogen) atoms. The summed E-state index contributed by atoms with van der Waals surface area (Å²) in [4.78, 5) is 2.39. The summed E-state index contributed by atoms with van der Waals surface area (Å²) in [6, 6.07) is 0.248. The molecule has 1 aromatic heterocycles. The van der Waals surface area contributed by atoms with Crippen molar-refractivity contribution in [3.8, 4) is 0 Å². The Bertz CT molecular complexity index is 612. The molecule has 1 aromatic rings. The van der Waals surface area contributed by atoms with E-state index < -0.39 is 9.84 Å². The van der Waals surface area contributed by atoms with Gasteiger partial charge in [-0.25, -0.2) is 8.42 Å². The third kappa shape index (κ3) is 2.64. The number of rotatable bonds is 3. The Labute approximate surface area is 129 Å². The van der Waals surface area contributed by atoms with Crippen molar-refractivity contribution in [1.29, 1.82) is 0 Å². The van der Waals surface area contributed by atoms with E-state index in [9.17, 15) is 8.42 Å². The van der Waals surface area contributed by atoms with Gasteiger partial charge in [-0.05, 0) is 24.4 Å². The molecular weight excluding hydrogens is 310 g/mol. The maximum absolute atomic E-state index is 12.3. The zero-order valence-electron chi connectivity index (χ0n) is 12.1. The lowest BCUT2D eigenvalue weighted by Gasteiger charge is -2.44. The van der Waals surface area contributed by atoms with Crippen molar-refractivity contribution in [2.75, 3.05) is 29.5 Å². The molecule has 2 aliphatic rings. The maximum Gasteiger partial charge on any atom is 0.184 e. The number of fused-ring (bicyclic) bond motifs is 1. The molecule has 2 heterocycles. The van der Waals surface area contributed by atoms with Crippen molar-refractivity contribution in [1.82, 2.24) is 4.37 Å². The van der Waals surface area contributed by atoms with Crippen LogP contribution < -0.4 is 10.6 Å². The van der Waals surface area contributed by atoms with E-state index in [0.717, 1.165) is 19.3 Å². The van der Waals surface area contributed by atoms with Crippen LogP contribution in [0, 0.1) is 0 Å². The molecule has 1 saturated carbocycles. The van der Waals surface area contributed by atoms with Gasteiger partial charge >= 0.3 is 0 Å². The van der Waals surface area contributed by atoms with Gasteiger partial charge in [-0.3, -0.25) is 0 Å². The molecule has 0 bridgehead atoms. The third-order valence-corrected chi connectivity index (χ3v) is 7.15. The Morgan fingerprint density at radius 3 is 2.95 bits per heavy atom. The minimum absolute atomic E-state index is 0.0427. The van der Waals surface area contributed by atoms with Crippen LogP contribution in [0.1, 0.15) is 32.6 Å². The van der Waals surface area contributed by atoms with Crippen LogP contribution in [0.15, 0.2) is 4.90 Å². The second kappa shape index (κ2) is 5.73. The average Bonchev–Trinajstić information content (AvgIpc) is 2.89. The van der Waals surface area contributed by atoms with Crippen molar-refractivity contribution >= 4 is 32.2 Å². The van der Waals surface area contributed by atoms with Crippen molar-refractivity contribution in [3.63, 3.8) is 0 Å². The van der Waals surface area contributed by atoms with Crippen LogP contribution in [0.5, 0.6) is 0 Å². The van der Waals surface area contributed by atoms with Gasteiger partial charge < -0.3 is 15.4 Å². The molecule has 1 aliphatic carbocycles. The van der Waals surface area contributed by atoms with E-state index in [4.69, 9.17) is 10.5 Å². The second-order valence-electron chi connectivity index (χ2n) is 5.56. The smallest absolute Gasteiger partial charge is 0.184 e. The van der Waals surface area contributed by atoms with Crippen molar-refractivity contribution < 1.29 is 13.2 Å². The second-order valence-corrected chi connectivity index (χ2v) is 8.53. The zero-order chi connectivity index (χ0) is 15.0. The predicted molar refractivity (Wildman–Crippen MR) is 83.6 cm³/mol. The first-order valence-electron chi connectivity index (χ1n) is 7.40. The molecule has 1 aliphatic heterocycles. The Hall–Kier alpha value is -0.860. The largest absolute Gasteiger partial charge is 0.382 e. The van der Waals surface area contributed by atoms with Crippen LogP contribution in [0.2, 0.25) is 0 Å². The molecule has 3 rings (SSSR count). The molecule has 0 amide bonds. The predicted octanol–water partition coefficient (Wildman–Crippen LogP) is 1.67. The first-order valence-corrected chi connectivity index (χ1v) is 9.83. The van der Waals surface area contributed by atoms with Crippen LogP contribution in [0.25, 0.3) is 0 Å². The summed E-state index contributed by atoms with van der Waals surface area (Å²) in [6.45, 7) is 2.97. The summed E-state index contributed by atoms with van der Waals surface area (Å²) in [5, 5.41) is 0.703. The average molecular weight is 331 g/mol. The number of anilines is 2. The van der Waals surface area contributed by atoms with Gasteiger partial charge in [0.2, 0.25) is 0 Å². The number of ether oxygens (including phenoxy) is 1. The Morgan fingerprint density at radius 2 is 2.19 bits per heavy atom. The summed E-state index contributed by atoms with van der Waals surface area (Å²) in [7, 11) is -3.36. The van der Waals surface area contributed by atoms with E-state index in [1.807, 2.05) is 0 Å². The highest BCUT2D eigenvalue weighted by atomic mass is 32.2. The van der Waals surface area contributed by atoms with E-state index in [2.05, 4.69) is 9.27 Å². The number of nitrogens with two attached hydrogens (primary N) is 1. The standard InChI is InChI=1S/C13H21N3O3S2/c1-2-21(17,18)11-12(14)15-20-13(11)16-7-8-19-10-6-4-3-5-9(10)16/h9-10H,2-8H2,1H3,(H2,14,15). The summed E-state index contributed by atoms with van der Waals surface area (Å²) in [5.41, 5.74) is 5.84. The van der Waals surface area contributed by atoms with E-state index in [-0.39, 0.29) is 28.6 Å². The van der Waals surface area contributed by atoms with Crippen LogP contribution in [0.3, 0.4) is 0 Å². The molecule has 2 atom stereocenters. The minimum atomic E-state index is -3.36. The summed E-state index contributed by atoms with van der Waals surface area (Å²) in [5.74, 6) is 0.178. The Balaban J connectivity index is 2.00. The van der Waals surface area contributed by atoms with Gasteiger partial charge in [-0.2, -0.15) is 4.37 Å². The van der Waals surface area contributed by atoms with Gasteiger partial charge in [0.1, 0.15) is 9.90 Å². The quantitative estimate of drug-likeness (QED) is 0.907. The number of sulfone groups is 1. The first-order chi connectivity index (χ1) is 10.0. The molecular formula is C13H21N3O3S2. The molecule has 2 N–H and O–H groups in total. The van der Waals surface area contributed by atoms with E-state index in [0.29, 0.717) is 18.2 Å². The van der Waals surface area contributed by atoms with Gasteiger partial charge in [0.05, 0.1) is 24.5 Å². The molecule has 2 unspecified atom stereocenters. The van der Waals surface area contributed by atoms with Crippen LogP contribution >= 0.6 is 11.5 Å². The summed E-state index contributed by atoms with van der Waals surface area (Å²) >= 11 is 1.20. The zero-order valence-corrected chi connectivity index (χ0v) is 13.8. The van der Waals surface area contributed by atoms with Crippen LogP contribution in [-0.2, 0) is 14.6 Å². The molecule has 8 heteroatoms. The van der Waals surface area contributed by atoms with Gasteiger partial charge in [0.15, 0.2) is 15.7 Å². The molecule has 0 spiro atoms. The number of hydrogen-bond donors (Lipinski definition) is 1. The van der Waals surface area contributed by atoms with E-state index >= 15 is 0 Å². The molecule has 1 saturated heterocycles. The lowest BCUT2D eigenvalue weighted by molar-refractivity contribution is -0.00858. The van der Waals surface area contributed by atoms with E-state index in [1.54, 1.807) is 6.92 Å². The Morgan fingerprint density at radius 1 is 1.43 bits per heavy atom. The normalized spacial score (nSPS) is 26.6. The van der Waals surface area contributed by atoms with Gasteiger partial charge in [-0.15, -0.1) is 0 Å². The maximum atomic E-state index is 12.3. The lowest BCUT2D eigenvalue weighted by atomic mass is 9.90. The molecule has 0 radical (unpaired) electrons. The summed E-state index contributed by atoms with van der Waals surface area (Å²) < 4.78 is 34.6. The van der Waals surface area contributed by atoms with Crippen molar-refractivity contribution in [2.24, 2.45) is 0 Å². The monoisotopic (exact) mass is 331 g/mol. The number of nitrogens with zero attached hydrogens (tertiary/aromatic N) is 2. The number of aromatic nitrogens is 1. The summed E-state index contributed by atoms with van der Waals surface area (Å²) in [6.07, 6.45) is 4.62. The highest BCUT2D eigenvalue weighted by Crippen LogP contribution is 2.40. The van der Waals surface area contributed by atoms with Crippen LogP contribution in [0.4, 0.5) is 10.8 Å². The molecule has 118 valence electrons. The number of nitrogen functional groups attached to an aromatic ring is 1. The van der Waals surface area contributed by atoms with Crippen molar-refractivity contribution in [3.05, 3.63) is 0 Å². The highest BCUT2D eigenvalue weighted by molar-refractivity contribution is 7.91. The minimum Gasteiger partial charge on any atom is -0.382 e. The fourth-order valence-electron chi connectivity index (χ4n) is 3.25. The topological polar surface area (TPSA) is 85.5 Å². The van der Waals surface area contributed by atoms with Gasteiger partial charge in [0.25, 0.3) is 0 Å². The highest BCUT2D eigenvalue weighted by Gasteiger charge is 2.38. The van der Waals surface area contributed by atoms with E-state index in [1.165, 1.54) is 18.0 Å². The molecule has 0 aromatic carbocycles. The number of hydrogen-bond acceptors (Lipinski definition) is 7. The first kappa shape index (κ1) is 15.1. The molecule has 2 fully saturated rings. The fraction of sp³-hybridized carbons (Fsp3) is 0.769.